The topological polar surface area (TPSA) is 58.4 Å². The molecular weight excluding hydrogens is 238 g/mol. The van der Waals surface area contributed by atoms with Gasteiger partial charge in [-0.15, -0.1) is 0 Å². The smallest absolute Gasteiger partial charge is 0.224 e. The maximum atomic E-state index is 11.8. The van der Waals surface area contributed by atoms with Crippen LogP contribution in [0.15, 0.2) is 24.3 Å². The van der Waals surface area contributed by atoms with Gasteiger partial charge in [0, 0.05) is 24.3 Å². The number of nitrogens with two attached hydrogens (primary N) is 1. The summed E-state index contributed by atoms with van der Waals surface area (Å²) >= 11 is 0. The van der Waals surface area contributed by atoms with Crippen molar-refractivity contribution in [1.82, 2.24) is 10.2 Å². The average molecular weight is 261 g/mol. The fraction of sp³-hybridized carbons (Fsp3) is 0.533. The SMILES string of the molecule is CC(CNC(=O)Cc1ccc(N)cc1)N(C)C1CC1. The Kier molecular flexibility index (Phi) is 4.43. The molecule has 3 N–H and O–H groups in total. The number of carbonyl (C=O) groups excluding carboxylic acids is 1. The number of amides is 1. The van der Waals surface area contributed by atoms with Crippen molar-refractivity contribution >= 4 is 11.6 Å². The van der Waals surface area contributed by atoms with Crippen LogP contribution in [0.3, 0.4) is 0 Å². The zero-order valence-electron chi connectivity index (χ0n) is 11.7. The molecular formula is C15H23N3O. The summed E-state index contributed by atoms with van der Waals surface area (Å²) in [5.41, 5.74) is 7.34. The molecule has 19 heavy (non-hydrogen) atoms. The lowest BCUT2D eigenvalue weighted by molar-refractivity contribution is -0.120. The molecule has 1 atom stereocenters. The quantitative estimate of drug-likeness (QED) is 0.761. The van der Waals surface area contributed by atoms with Gasteiger partial charge in [0.1, 0.15) is 0 Å². The Labute approximate surface area is 115 Å². The van der Waals surface area contributed by atoms with Gasteiger partial charge in [-0.3, -0.25) is 9.69 Å². The van der Waals surface area contributed by atoms with E-state index in [0.29, 0.717) is 19.0 Å². The molecule has 0 bridgehead atoms. The molecule has 1 fully saturated rings. The summed E-state index contributed by atoms with van der Waals surface area (Å²) in [7, 11) is 2.13. The third-order valence-corrected chi connectivity index (χ3v) is 3.76. The number of likely N-dealkylation sites (N-methyl/N-ethyl adjacent to an activating group) is 1. The summed E-state index contributed by atoms with van der Waals surface area (Å²) in [5, 5.41) is 3.00. The van der Waals surface area contributed by atoms with Crippen molar-refractivity contribution in [1.29, 1.82) is 0 Å². The van der Waals surface area contributed by atoms with Crippen LogP contribution in [0.4, 0.5) is 5.69 Å². The van der Waals surface area contributed by atoms with Crippen molar-refractivity contribution in [3.63, 3.8) is 0 Å². The molecule has 0 radical (unpaired) electrons. The number of rotatable bonds is 6. The van der Waals surface area contributed by atoms with Gasteiger partial charge >= 0.3 is 0 Å². The van der Waals surface area contributed by atoms with Crippen LogP contribution in [0, 0.1) is 0 Å². The third kappa shape index (κ3) is 4.24. The number of benzene rings is 1. The molecule has 2 rings (SSSR count). The Balaban J connectivity index is 1.73. The highest BCUT2D eigenvalue weighted by atomic mass is 16.1. The van der Waals surface area contributed by atoms with Crippen LogP contribution in [0.25, 0.3) is 0 Å². The van der Waals surface area contributed by atoms with E-state index in [9.17, 15) is 4.79 Å². The molecule has 0 heterocycles. The first kappa shape index (κ1) is 13.9. The van der Waals surface area contributed by atoms with E-state index in [0.717, 1.165) is 17.3 Å². The number of nitrogens with zero attached hydrogens (tertiary/aromatic N) is 1. The first-order valence-corrected chi connectivity index (χ1v) is 6.89. The van der Waals surface area contributed by atoms with E-state index >= 15 is 0 Å². The van der Waals surface area contributed by atoms with E-state index in [2.05, 4.69) is 24.2 Å². The molecule has 1 amide bonds. The minimum absolute atomic E-state index is 0.0702. The maximum Gasteiger partial charge on any atom is 0.224 e. The highest BCUT2D eigenvalue weighted by Gasteiger charge is 2.29. The Hall–Kier alpha value is -1.55. The third-order valence-electron chi connectivity index (χ3n) is 3.76. The highest BCUT2D eigenvalue weighted by molar-refractivity contribution is 5.78. The first-order valence-electron chi connectivity index (χ1n) is 6.89. The lowest BCUT2D eigenvalue weighted by atomic mass is 10.1. The number of hydrogen-bond acceptors (Lipinski definition) is 3. The number of nitrogens with one attached hydrogen (secondary N) is 1. The van der Waals surface area contributed by atoms with Crippen LogP contribution in [0.2, 0.25) is 0 Å². The molecule has 0 aliphatic heterocycles. The zero-order chi connectivity index (χ0) is 13.8. The molecule has 4 heteroatoms. The molecule has 0 spiro atoms. The number of carbonyl (C=O) groups is 1. The van der Waals surface area contributed by atoms with Crippen LogP contribution in [0.1, 0.15) is 25.3 Å². The van der Waals surface area contributed by atoms with Crippen molar-refractivity contribution in [2.24, 2.45) is 0 Å². The lowest BCUT2D eigenvalue weighted by Gasteiger charge is -2.24. The Morgan fingerprint density at radius 2 is 2.05 bits per heavy atom. The van der Waals surface area contributed by atoms with E-state index in [1.54, 1.807) is 0 Å². The Morgan fingerprint density at radius 1 is 1.42 bits per heavy atom. The molecule has 1 aromatic carbocycles. The summed E-state index contributed by atoms with van der Waals surface area (Å²) in [6.07, 6.45) is 3.00. The molecule has 104 valence electrons. The second-order valence-corrected chi connectivity index (χ2v) is 5.47. The Morgan fingerprint density at radius 3 is 2.63 bits per heavy atom. The fourth-order valence-electron chi connectivity index (χ4n) is 2.13. The molecule has 1 aromatic rings. The van der Waals surface area contributed by atoms with Crippen LogP contribution in [-0.2, 0) is 11.2 Å². The van der Waals surface area contributed by atoms with Crippen LogP contribution in [-0.4, -0.2) is 36.5 Å². The molecule has 4 nitrogen and oxygen atoms in total. The Bertz CT molecular complexity index is 426. The standard InChI is InChI=1S/C15H23N3O/c1-11(18(2)14-7-8-14)10-17-15(19)9-12-3-5-13(16)6-4-12/h3-6,11,14H,7-10,16H2,1-2H3,(H,17,19). The van der Waals surface area contributed by atoms with Gasteiger partial charge in [-0.25, -0.2) is 0 Å². The highest BCUT2D eigenvalue weighted by Crippen LogP contribution is 2.26. The minimum atomic E-state index is 0.0702. The molecule has 1 unspecified atom stereocenters. The van der Waals surface area contributed by atoms with Crippen LogP contribution >= 0.6 is 0 Å². The second-order valence-electron chi connectivity index (χ2n) is 5.47. The minimum Gasteiger partial charge on any atom is -0.399 e. The molecule has 0 aromatic heterocycles. The normalized spacial score (nSPS) is 16.4. The van der Waals surface area contributed by atoms with Crippen molar-refractivity contribution in [2.45, 2.75) is 38.3 Å². The van der Waals surface area contributed by atoms with Gasteiger partial charge in [0.25, 0.3) is 0 Å². The number of anilines is 1. The maximum absolute atomic E-state index is 11.8. The van der Waals surface area contributed by atoms with Gasteiger partial charge in [-0.05, 0) is 44.5 Å². The molecule has 0 saturated heterocycles. The van der Waals surface area contributed by atoms with E-state index in [-0.39, 0.29) is 5.91 Å². The van der Waals surface area contributed by atoms with Crippen molar-refractivity contribution in [3.05, 3.63) is 29.8 Å². The second kappa shape index (κ2) is 6.06. The van der Waals surface area contributed by atoms with Crippen LogP contribution in [0.5, 0.6) is 0 Å². The number of nitrogen functional groups attached to an aromatic ring is 1. The molecule has 1 aliphatic rings. The summed E-state index contributed by atoms with van der Waals surface area (Å²) in [6, 6.07) is 8.56. The zero-order valence-corrected chi connectivity index (χ0v) is 11.7. The number of hydrogen-bond donors (Lipinski definition) is 2. The van der Waals surface area contributed by atoms with Crippen molar-refractivity contribution in [3.8, 4) is 0 Å². The first-order chi connectivity index (χ1) is 9.06. The van der Waals surface area contributed by atoms with E-state index in [1.807, 2.05) is 24.3 Å². The van der Waals surface area contributed by atoms with Gasteiger partial charge < -0.3 is 11.1 Å². The van der Waals surface area contributed by atoms with Gasteiger partial charge in [-0.2, -0.15) is 0 Å². The van der Waals surface area contributed by atoms with Gasteiger partial charge in [0.2, 0.25) is 5.91 Å². The largest absolute Gasteiger partial charge is 0.399 e. The summed E-state index contributed by atoms with van der Waals surface area (Å²) < 4.78 is 0. The summed E-state index contributed by atoms with van der Waals surface area (Å²) in [5.74, 6) is 0.0702. The summed E-state index contributed by atoms with van der Waals surface area (Å²) in [6.45, 7) is 2.86. The lowest BCUT2D eigenvalue weighted by Crippen LogP contribution is -2.41. The van der Waals surface area contributed by atoms with Gasteiger partial charge in [0.05, 0.1) is 6.42 Å². The van der Waals surface area contributed by atoms with E-state index in [4.69, 9.17) is 5.73 Å². The molecule has 1 saturated carbocycles. The van der Waals surface area contributed by atoms with Crippen LogP contribution < -0.4 is 11.1 Å². The average Bonchev–Trinajstić information content (AvgIpc) is 3.22. The monoisotopic (exact) mass is 261 g/mol. The van der Waals surface area contributed by atoms with Crippen molar-refractivity contribution in [2.75, 3.05) is 19.3 Å². The predicted molar refractivity (Wildman–Crippen MR) is 77.8 cm³/mol. The van der Waals surface area contributed by atoms with Gasteiger partial charge in [0.15, 0.2) is 0 Å². The summed E-state index contributed by atoms with van der Waals surface area (Å²) in [4.78, 5) is 14.2. The van der Waals surface area contributed by atoms with E-state index in [1.165, 1.54) is 12.8 Å². The van der Waals surface area contributed by atoms with E-state index < -0.39 is 0 Å². The fourth-order valence-corrected chi connectivity index (χ4v) is 2.13. The molecule has 1 aliphatic carbocycles. The van der Waals surface area contributed by atoms with Gasteiger partial charge in [-0.1, -0.05) is 12.1 Å². The van der Waals surface area contributed by atoms with Crippen molar-refractivity contribution < 1.29 is 4.79 Å². The predicted octanol–water partition coefficient (Wildman–Crippen LogP) is 1.41.